The first-order chi connectivity index (χ1) is 8.81. The number of H-pyrrole nitrogens is 1. The minimum absolute atomic E-state index is 0.917. The summed E-state index contributed by atoms with van der Waals surface area (Å²) in [6, 6.07) is 6.23. The summed E-state index contributed by atoms with van der Waals surface area (Å²) < 4.78 is 0. The number of aromatic nitrogens is 3. The molecule has 0 unspecified atom stereocenters. The molecular formula is C14H18N4. The molecular weight excluding hydrogens is 224 g/mol. The summed E-state index contributed by atoms with van der Waals surface area (Å²) >= 11 is 0. The van der Waals surface area contributed by atoms with Crippen molar-refractivity contribution in [1.29, 1.82) is 0 Å². The summed E-state index contributed by atoms with van der Waals surface area (Å²) in [4.78, 5) is 6.98. The van der Waals surface area contributed by atoms with E-state index in [2.05, 4.69) is 32.2 Å². The first kappa shape index (κ1) is 11.4. The Kier molecular flexibility index (Phi) is 3.11. The van der Waals surface area contributed by atoms with Gasteiger partial charge in [0.25, 0.3) is 0 Å². The molecule has 3 rings (SSSR count). The van der Waals surface area contributed by atoms with Gasteiger partial charge in [-0.15, -0.1) is 0 Å². The molecule has 0 aliphatic carbocycles. The average Bonchev–Trinajstić information content (AvgIpc) is 3.02. The quantitative estimate of drug-likeness (QED) is 0.898. The lowest BCUT2D eigenvalue weighted by molar-refractivity contribution is 0.331. The molecule has 2 aromatic rings. The number of pyridine rings is 1. The first-order valence-electron chi connectivity index (χ1n) is 6.51. The van der Waals surface area contributed by atoms with Gasteiger partial charge in [0, 0.05) is 18.4 Å². The third kappa shape index (κ3) is 2.43. The Morgan fingerprint density at radius 2 is 2.06 bits per heavy atom. The highest BCUT2D eigenvalue weighted by molar-refractivity contribution is 5.54. The van der Waals surface area contributed by atoms with Crippen LogP contribution >= 0.6 is 0 Å². The van der Waals surface area contributed by atoms with Crippen LogP contribution in [0.5, 0.6) is 0 Å². The van der Waals surface area contributed by atoms with E-state index >= 15 is 0 Å². The van der Waals surface area contributed by atoms with Gasteiger partial charge in [0.2, 0.25) is 0 Å². The lowest BCUT2D eigenvalue weighted by Crippen LogP contribution is -2.18. The fourth-order valence-corrected chi connectivity index (χ4v) is 2.42. The normalized spacial score (nSPS) is 16.3. The van der Waals surface area contributed by atoms with Crippen LogP contribution in [0.1, 0.15) is 24.1 Å². The Labute approximate surface area is 107 Å². The van der Waals surface area contributed by atoms with Crippen LogP contribution < -0.4 is 0 Å². The zero-order valence-corrected chi connectivity index (χ0v) is 10.7. The van der Waals surface area contributed by atoms with Crippen molar-refractivity contribution in [3.05, 3.63) is 35.7 Å². The van der Waals surface area contributed by atoms with E-state index in [1.54, 1.807) is 0 Å². The van der Waals surface area contributed by atoms with E-state index in [0.717, 1.165) is 23.6 Å². The van der Waals surface area contributed by atoms with E-state index in [1.807, 2.05) is 19.2 Å². The number of hydrogen-bond acceptors (Lipinski definition) is 3. The third-order valence-corrected chi connectivity index (χ3v) is 3.40. The molecule has 1 N–H and O–H groups in total. The Bertz CT molecular complexity index is 509. The number of nitrogens with one attached hydrogen (secondary N) is 1. The molecule has 4 heteroatoms. The lowest BCUT2D eigenvalue weighted by Gasteiger charge is -2.14. The molecule has 18 heavy (non-hydrogen) atoms. The summed E-state index contributed by atoms with van der Waals surface area (Å²) in [7, 11) is 0. The predicted molar refractivity (Wildman–Crippen MR) is 71.1 cm³/mol. The summed E-state index contributed by atoms with van der Waals surface area (Å²) in [5.41, 5.74) is 4.20. The molecule has 94 valence electrons. The van der Waals surface area contributed by atoms with Crippen molar-refractivity contribution in [1.82, 2.24) is 20.1 Å². The maximum Gasteiger partial charge on any atom is 0.111 e. The molecule has 2 aromatic heterocycles. The molecule has 0 spiro atoms. The maximum atomic E-state index is 4.50. The molecule has 0 atom stereocenters. The molecule has 0 aromatic carbocycles. The molecule has 0 amide bonds. The van der Waals surface area contributed by atoms with Gasteiger partial charge in [0.15, 0.2) is 0 Å². The SMILES string of the molecule is Cc1cc(-c2ccc(CN3CCCC3)cn2)n[nH]1. The smallest absolute Gasteiger partial charge is 0.111 e. The summed E-state index contributed by atoms with van der Waals surface area (Å²) in [5, 5.41) is 7.16. The van der Waals surface area contributed by atoms with Crippen molar-refractivity contribution < 1.29 is 0 Å². The third-order valence-electron chi connectivity index (χ3n) is 3.40. The Hall–Kier alpha value is -1.68. The maximum absolute atomic E-state index is 4.50. The topological polar surface area (TPSA) is 44.8 Å². The highest BCUT2D eigenvalue weighted by atomic mass is 15.1. The standard InChI is InChI=1S/C14H18N4/c1-11-8-14(17-16-11)13-5-4-12(9-15-13)10-18-6-2-3-7-18/h4-5,8-9H,2-3,6-7,10H2,1H3,(H,16,17). The van der Waals surface area contributed by atoms with Gasteiger partial charge in [-0.05, 0) is 50.6 Å². The van der Waals surface area contributed by atoms with Crippen LogP contribution in [0.15, 0.2) is 24.4 Å². The largest absolute Gasteiger partial charge is 0.299 e. The summed E-state index contributed by atoms with van der Waals surface area (Å²) in [6.07, 6.45) is 4.63. The number of aromatic amines is 1. The second-order valence-corrected chi connectivity index (χ2v) is 4.97. The lowest BCUT2D eigenvalue weighted by atomic mass is 10.2. The minimum Gasteiger partial charge on any atom is -0.299 e. The zero-order valence-electron chi connectivity index (χ0n) is 10.7. The first-order valence-corrected chi connectivity index (χ1v) is 6.51. The van der Waals surface area contributed by atoms with Gasteiger partial charge in [0.05, 0.1) is 5.69 Å². The number of nitrogens with zero attached hydrogens (tertiary/aromatic N) is 3. The van der Waals surface area contributed by atoms with Gasteiger partial charge in [0.1, 0.15) is 5.69 Å². The number of rotatable bonds is 3. The van der Waals surface area contributed by atoms with Crippen LogP contribution in [0.3, 0.4) is 0 Å². The summed E-state index contributed by atoms with van der Waals surface area (Å²) in [5.74, 6) is 0. The fraction of sp³-hybridized carbons (Fsp3) is 0.429. The molecule has 1 saturated heterocycles. The molecule has 4 nitrogen and oxygen atoms in total. The molecule has 0 radical (unpaired) electrons. The van der Waals surface area contributed by atoms with Crippen LogP contribution in [0.25, 0.3) is 11.4 Å². The number of hydrogen-bond donors (Lipinski definition) is 1. The minimum atomic E-state index is 0.917. The molecule has 1 fully saturated rings. The van der Waals surface area contributed by atoms with E-state index in [0.29, 0.717) is 0 Å². The Balaban J connectivity index is 1.72. The van der Waals surface area contributed by atoms with Gasteiger partial charge < -0.3 is 0 Å². The van der Waals surface area contributed by atoms with E-state index in [1.165, 1.54) is 31.5 Å². The summed E-state index contributed by atoms with van der Waals surface area (Å²) in [6.45, 7) is 5.46. The van der Waals surface area contributed by atoms with Crippen LogP contribution in [-0.4, -0.2) is 33.2 Å². The highest BCUT2D eigenvalue weighted by Crippen LogP contribution is 2.17. The molecule has 1 aliphatic heterocycles. The van der Waals surface area contributed by atoms with Crippen molar-refractivity contribution in [3.63, 3.8) is 0 Å². The van der Waals surface area contributed by atoms with Crippen LogP contribution in [0.2, 0.25) is 0 Å². The van der Waals surface area contributed by atoms with E-state index in [9.17, 15) is 0 Å². The molecule has 0 saturated carbocycles. The monoisotopic (exact) mass is 242 g/mol. The van der Waals surface area contributed by atoms with Gasteiger partial charge in [-0.3, -0.25) is 15.0 Å². The van der Waals surface area contributed by atoms with Crippen LogP contribution in [-0.2, 0) is 6.54 Å². The van der Waals surface area contributed by atoms with E-state index in [4.69, 9.17) is 0 Å². The average molecular weight is 242 g/mol. The molecule has 3 heterocycles. The second-order valence-electron chi connectivity index (χ2n) is 4.97. The highest BCUT2D eigenvalue weighted by Gasteiger charge is 2.12. The second kappa shape index (κ2) is 4.90. The van der Waals surface area contributed by atoms with Crippen LogP contribution in [0.4, 0.5) is 0 Å². The van der Waals surface area contributed by atoms with Crippen molar-refractivity contribution in [2.24, 2.45) is 0 Å². The Morgan fingerprint density at radius 3 is 2.67 bits per heavy atom. The van der Waals surface area contributed by atoms with Crippen molar-refractivity contribution >= 4 is 0 Å². The van der Waals surface area contributed by atoms with Crippen molar-refractivity contribution in [3.8, 4) is 11.4 Å². The van der Waals surface area contributed by atoms with Gasteiger partial charge in [-0.1, -0.05) is 6.07 Å². The zero-order chi connectivity index (χ0) is 12.4. The Morgan fingerprint density at radius 1 is 1.22 bits per heavy atom. The van der Waals surface area contributed by atoms with E-state index < -0.39 is 0 Å². The molecule has 1 aliphatic rings. The van der Waals surface area contributed by atoms with E-state index in [-0.39, 0.29) is 0 Å². The van der Waals surface area contributed by atoms with Gasteiger partial charge in [-0.2, -0.15) is 5.10 Å². The van der Waals surface area contributed by atoms with Crippen molar-refractivity contribution in [2.45, 2.75) is 26.3 Å². The fourth-order valence-electron chi connectivity index (χ4n) is 2.42. The van der Waals surface area contributed by atoms with Gasteiger partial charge >= 0.3 is 0 Å². The van der Waals surface area contributed by atoms with Crippen molar-refractivity contribution in [2.75, 3.05) is 13.1 Å². The number of aryl methyl sites for hydroxylation is 1. The van der Waals surface area contributed by atoms with Gasteiger partial charge in [-0.25, -0.2) is 0 Å². The number of likely N-dealkylation sites (tertiary alicyclic amines) is 1. The predicted octanol–water partition coefficient (Wildman–Crippen LogP) is 2.38. The molecule has 0 bridgehead atoms. The van der Waals surface area contributed by atoms with Crippen LogP contribution in [0, 0.1) is 6.92 Å².